The summed E-state index contributed by atoms with van der Waals surface area (Å²) in [7, 11) is 5.08. The molecule has 9 heteroatoms. The maximum absolute atomic E-state index is 5.53. The van der Waals surface area contributed by atoms with E-state index in [0.29, 0.717) is 12.6 Å². The Balaban J connectivity index is 0.00000320. The summed E-state index contributed by atoms with van der Waals surface area (Å²) in [4.78, 5) is 8.21. The minimum absolute atomic E-state index is 0. The van der Waals surface area contributed by atoms with Gasteiger partial charge in [0.25, 0.3) is 0 Å². The molecule has 0 radical (unpaired) electrons. The van der Waals surface area contributed by atoms with Gasteiger partial charge in [-0.15, -0.1) is 35.3 Å². The number of aliphatic imine (C=N–C) groups is 1. The van der Waals surface area contributed by atoms with Gasteiger partial charge >= 0.3 is 0 Å². The van der Waals surface area contributed by atoms with Crippen molar-refractivity contribution in [2.24, 2.45) is 4.99 Å². The predicted molar refractivity (Wildman–Crippen MR) is 133 cm³/mol. The predicted octanol–water partition coefficient (Wildman–Crippen LogP) is 3.12. The van der Waals surface area contributed by atoms with Crippen molar-refractivity contribution in [3.63, 3.8) is 0 Å². The summed E-state index contributed by atoms with van der Waals surface area (Å²) < 4.78 is 16.4. The molecule has 1 aliphatic heterocycles. The first-order chi connectivity index (χ1) is 14.3. The van der Waals surface area contributed by atoms with E-state index in [-0.39, 0.29) is 24.0 Å². The van der Waals surface area contributed by atoms with E-state index in [2.05, 4.69) is 38.0 Å². The molecule has 2 heterocycles. The van der Waals surface area contributed by atoms with Crippen LogP contribution in [-0.4, -0.2) is 65.0 Å². The van der Waals surface area contributed by atoms with Gasteiger partial charge in [-0.3, -0.25) is 9.89 Å². The molecule has 1 unspecified atom stereocenters. The summed E-state index contributed by atoms with van der Waals surface area (Å²) in [5.74, 6) is 2.22. The number of benzene rings is 1. The molecule has 0 spiro atoms. The van der Waals surface area contributed by atoms with Crippen LogP contribution in [0.15, 0.2) is 40.7 Å². The largest absolute Gasteiger partial charge is 0.493 e. The summed E-state index contributed by atoms with van der Waals surface area (Å²) in [6.45, 7) is 4.81. The molecule has 1 saturated heterocycles. The van der Waals surface area contributed by atoms with E-state index in [4.69, 9.17) is 14.2 Å². The fraction of sp³-hybridized carbons (Fsp3) is 0.476. The number of hydrogen-bond donors (Lipinski definition) is 2. The van der Waals surface area contributed by atoms with Crippen LogP contribution in [0.25, 0.3) is 0 Å². The van der Waals surface area contributed by atoms with Crippen molar-refractivity contribution in [3.05, 3.63) is 46.2 Å². The molecule has 2 aromatic rings. The quantitative estimate of drug-likeness (QED) is 0.302. The van der Waals surface area contributed by atoms with E-state index in [0.717, 1.165) is 55.9 Å². The van der Waals surface area contributed by atoms with Gasteiger partial charge in [-0.25, -0.2) is 0 Å². The van der Waals surface area contributed by atoms with Gasteiger partial charge in [-0.2, -0.15) is 0 Å². The number of ether oxygens (including phenoxy) is 3. The van der Waals surface area contributed by atoms with Gasteiger partial charge in [0.2, 0.25) is 0 Å². The fourth-order valence-corrected chi connectivity index (χ4v) is 4.33. The molecule has 0 aliphatic carbocycles. The van der Waals surface area contributed by atoms with Crippen LogP contribution in [0.1, 0.15) is 16.5 Å². The average Bonchev–Trinajstić information content (AvgIpc) is 3.31. The highest BCUT2D eigenvalue weighted by Crippen LogP contribution is 2.30. The highest BCUT2D eigenvalue weighted by Gasteiger charge is 2.23. The van der Waals surface area contributed by atoms with Gasteiger partial charge in [0.1, 0.15) is 0 Å². The molecular weight excluding hydrogens is 515 g/mol. The van der Waals surface area contributed by atoms with Gasteiger partial charge in [-0.05, 0) is 17.5 Å². The van der Waals surface area contributed by atoms with Gasteiger partial charge in [-0.1, -0.05) is 18.2 Å². The molecule has 166 valence electrons. The second-order valence-electron chi connectivity index (χ2n) is 6.64. The van der Waals surface area contributed by atoms with E-state index in [1.165, 1.54) is 4.88 Å². The van der Waals surface area contributed by atoms with E-state index in [1.54, 1.807) is 32.6 Å². The van der Waals surface area contributed by atoms with E-state index >= 15 is 0 Å². The molecule has 2 N–H and O–H groups in total. The zero-order chi connectivity index (χ0) is 20.5. The van der Waals surface area contributed by atoms with Crippen LogP contribution in [0.2, 0.25) is 0 Å². The highest BCUT2D eigenvalue weighted by atomic mass is 127. The molecule has 0 amide bonds. The number of rotatable bonds is 8. The minimum atomic E-state index is 0. The summed E-state index contributed by atoms with van der Waals surface area (Å²) in [6.07, 6.45) is 0. The normalized spacial score (nSPS) is 15.8. The van der Waals surface area contributed by atoms with Crippen molar-refractivity contribution in [2.75, 3.05) is 54.1 Å². The third kappa shape index (κ3) is 6.47. The number of nitrogens with zero attached hydrogens (tertiary/aromatic N) is 2. The number of hydrogen-bond acceptors (Lipinski definition) is 6. The molecule has 1 fully saturated rings. The van der Waals surface area contributed by atoms with Gasteiger partial charge < -0.3 is 24.8 Å². The average molecular weight is 546 g/mol. The third-order valence-electron chi connectivity index (χ3n) is 4.98. The molecule has 0 bridgehead atoms. The Bertz CT molecular complexity index is 783. The van der Waals surface area contributed by atoms with E-state index in [1.807, 2.05) is 18.2 Å². The van der Waals surface area contributed by atoms with Gasteiger partial charge in [0.05, 0.1) is 33.5 Å². The lowest BCUT2D eigenvalue weighted by molar-refractivity contribution is 0.0177. The molecule has 1 atom stereocenters. The SMILES string of the molecule is CN=C(NCc1cccc(OC)c1OC)NCC(c1cccs1)N1CCOCC1.I. The van der Waals surface area contributed by atoms with Crippen molar-refractivity contribution in [1.82, 2.24) is 15.5 Å². The Hall–Kier alpha value is -1.56. The number of morpholine rings is 1. The second-order valence-corrected chi connectivity index (χ2v) is 7.62. The third-order valence-corrected chi connectivity index (χ3v) is 5.95. The topological polar surface area (TPSA) is 67.4 Å². The van der Waals surface area contributed by atoms with Crippen LogP contribution < -0.4 is 20.1 Å². The number of methoxy groups -OCH3 is 2. The smallest absolute Gasteiger partial charge is 0.191 e. The number of para-hydroxylation sites is 1. The zero-order valence-corrected chi connectivity index (χ0v) is 20.9. The van der Waals surface area contributed by atoms with Crippen molar-refractivity contribution in [1.29, 1.82) is 0 Å². The first kappa shape index (κ1) is 24.7. The number of thiophene rings is 1. The molecule has 1 aromatic carbocycles. The molecule has 7 nitrogen and oxygen atoms in total. The Labute approximate surface area is 199 Å². The van der Waals surface area contributed by atoms with Gasteiger partial charge in [0, 0.05) is 43.7 Å². The van der Waals surface area contributed by atoms with Gasteiger partial charge in [0.15, 0.2) is 17.5 Å². The second kappa shape index (κ2) is 13.0. The number of guanidine groups is 1. The van der Waals surface area contributed by atoms with Crippen molar-refractivity contribution in [2.45, 2.75) is 12.6 Å². The maximum Gasteiger partial charge on any atom is 0.191 e. The summed E-state index contributed by atoms with van der Waals surface area (Å²) in [5.41, 5.74) is 1.01. The first-order valence-corrected chi connectivity index (χ1v) is 10.6. The Morgan fingerprint density at radius 1 is 1.17 bits per heavy atom. The highest BCUT2D eigenvalue weighted by molar-refractivity contribution is 14.0. The molecular formula is C21H31IN4O3S. The standard InChI is InChI=1S/C21H30N4O3S.HI/c1-22-21(23-14-16-6-4-7-18(26-2)20(16)27-3)24-15-17(19-8-5-13-29-19)25-9-11-28-12-10-25;/h4-8,13,17H,9-12,14-15H2,1-3H3,(H2,22,23,24);1H. The summed E-state index contributed by atoms with van der Waals surface area (Å²) in [6, 6.07) is 10.5. The molecule has 1 aliphatic rings. The minimum Gasteiger partial charge on any atom is -0.493 e. The fourth-order valence-electron chi connectivity index (χ4n) is 3.47. The lowest BCUT2D eigenvalue weighted by Crippen LogP contribution is -2.46. The molecule has 30 heavy (non-hydrogen) atoms. The summed E-state index contributed by atoms with van der Waals surface area (Å²) >= 11 is 1.79. The number of nitrogens with one attached hydrogen (secondary N) is 2. The van der Waals surface area contributed by atoms with Crippen molar-refractivity contribution >= 4 is 41.3 Å². The van der Waals surface area contributed by atoms with E-state index < -0.39 is 0 Å². The Kier molecular flexibility index (Phi) is 10.7. The molecule has 0 saturated carbocycles. The van der Waals surface area contributed by atoms with Crippen molar-refractivity contribution < 1.29 is 14.2 Å². The Morgan fingerprint density at radius 2 is 1.97 bits per heavy atom. The number of halogens is 1. The monoisotopic (exact) mass is 546 g/mol. The van der Waals surface area contributed by atoms with Crippen LogP contribution in [0.5, 0.6) is 11.5 Å². The first-order valence-electron chi connectivity index (χ1n) is 9.76. The van der Waals surface area contributed by atoms with Crippen LogP contribution in [0.3, 0.4) is 0 Å². The molecule has 3 rings (SSSR count). The van der Waals surface area contributed by atoms with Crippen LogP contribution in [0, 0.1) is 0 Å². The summed E-state index contributed by atoms with van der Waals surface area (Å²) in [5, 5.41) is 8.99. The van der Waals surface area contributed by atoms with Crippen molar-refractivity contribution in [3.8, 4) is 11.5 Å². The maximum atomic E-state index is 5.53. The van der Waals surface area contributed by atoms with Crippen LogP contribution in [0.4, 0.5) is 0 Å². The van der Waals surface area contributed by atoms with Crippen LogP contribution >= 0.6 is 35.3 Å². The Morgan fingerprint density at radius 3 is 2.60 bits per heavy atom. The zero-order valence-electron chi connectivity index (χ0n) is 17.7. The molecule has 1 aromatic heterocycles. The lowest BCUT2D eigenvalue weighted by Gasteiger charge is -2.34. The lowest BCUT2D eigenvalue weighted by atomic mass is 10.2. The van der Waals surface area contributed by atoms with E-state index in [9.17, 15) is 0 Å². The van der Waals surface area contributed by atoms with Crippen LogP contribution in [-0.2, 0) is 11.3 Å².